The van der Waals surface area contributed by atoms with E-state index in [2.05, 4.69) is 67.8 Å². The smallest absolute Gasteiger partial charge is 0.307 e. The van der Waals surface area contributed by atoms with E-state index >= 15 is 0 Å². The van der Waals surface area contributed by atoms with Crippen molar-refractivity contribution >= 4 is 73.7 Å². The minimum Gasteiger partial charge on any atom is -0.492 e. The van der Waals surface area contributed by atoms with Crippen LogP contribution in [0.15, 0.2) is 30.3 Å². The molecule has 0 heterocycles. The molecule has 2 aromatic rings. The van der Waals surface area contributed by atoms with Gasteiger partial charge in [0, 0.05) is 0 Å². The van der Waals surface area contributed by atoms with E-state index < -0.39 is 5.97 Å². The third kappa shape index (κ3) is 6.40. The topological polar surface area (TPSA) is 81.8 Å². The molecule has 5 nitrogen and oxygen atoms in total. The molecule has 0 aliphatic heterocycles. The van der Waals surface area contributed by atoms with Gasteiger partial charge < -0.3 is 20.3 Å². The van der Waals surface area contributed by atoms with Crippen LogP contribution >= 0.6 is 67.8 Å². The summed E-state index contributed by atoms with van der Waals surface area (Å²) in [7, 11) is 0. The first-order valence-electron chi connectivity index (χ1n) is 7.40. The zero-order valence-corrected chi connectivity index (χ0v) is 19.6. The zero-order valence-electron chi connectivity index (χ0n) is 13.1. The zero-order chi connectivity index (χ0) is 18.4. The highest BCUT2D eigenvalue weighted by molar-refractivity contribution is 14.1. The van der Waals surface area contributed by atoms with Crippen LogP contribution in [0.25, 0.3) is 0 Å². The number of benzene rings is 2. The van der Waals surface area contributed by atoms with Crippen molar-refractivity contribution in [2.24, 2.45) is 5.73 Å². The van der Waals surface area contributed by atoms with Crippen LogP contribution in [0.2, 0.25) is 0 Å². The highest BCUT2D eigenvalue weighted by Crippen LogP contribution is 2.35. The van der Waals surface area contributed by atoms with Crippen molar-refractivity contribution in [2.75, 3.05) is 13.2 Å². The molecule has 0 aliphatic rings. The second-order valence-electron chi connectivity index (χ2n) is 5.14. The maximum Gasteiger partial charge on any atom is 0.307 e. The standard InChI is InChI=1S/C17H16I3NO4/c18-12-9-11(2-3-15(12)24-5-1-4-21)25-17-13(19)6-10(7-14(17)20)8-16(22)23/h2-3,6-7,9H,1,4-5,8,21H2,(H,22,23). The second-order valence-corrected chi connectivity index (χ2v) is 8.63. The SMILES string of the molecule is NCCCOc1ccc(Oc2c(I)cc(CC(=O)O)cc2I)cc1I. The molecule has 0 fully saturated rings. The first-order valence-corrected chi connectivity index (χ1v) is 10.6. The molecule has 0 saturated heterocycles. The summed E-state index contributed by atoms with van der Waals surface area (Å²) in [5.74, 6) is 1.39. The molecule has 3 N–H and O–H groups in total. The van der Waals surface area contributed by atoms with Gasteiger partial charge in [-0.2, -0.15) is 0 Å². The molecule has 0 amide bonds. The molecule has 25 heavy (non-hydrogen) atoms. The lowest BCUT2D eigenvalue weighted by molar-refractivity contribution is -0.136. The first kappa shape index (κ1) is 21.0. The van der Waals surface area contributed by atoms with Crippen molar-refractivity contribution in [2.45, 2.75) is 12.8 Å². The van der Waals surface area contributed by atoms with E-state index in [-0.39, 0.29) is 6.42 Å². The summed E-state index contributed by atoms with van der Waals surface area (Å²) in [6.45, 7) is 1.19. The Morgan fingerprint density at radius 1 is 1.08 bits per heavy atom. The largest absolute Gasteiger partial charge is 0.492 e. The molecule has 0 unspecified atom stereocenters. The quantitative estimate of drug-likeness (QED) is 0.314. The summed E-state index contributed by atoms with van der Waals surface area (Å²) in [5, 5.41) is 8.93. The van der Waals surface area contributed by atoms with Crippen LogP contribution in [-0.4, -0.2) is 24.2 Å². The molecule has 0 aliphatic carbocycles. The Labute approximate surface area is 187 Å². The molecule has 8 heteroatoms. The number of carboxylic acid groups (broad SMARTS) is 1. The lowest BCUT2D eigenvalue weighted by atomic mass is 10.1. The lowest BCUT2D eigenvalue weighted by Gasteiger charge is -2.13. The van der Waals surface area contributed by atoms with Crippen LogP contribution in [0.4, 0.5) is 0 Å². The minimum atomic E-state index is -0.847. The molecule has 0 radical (unpaired) electrons. The minimum absolute atomic E-state index is 0.000975. The molecule has 0 spiro atoms. The van der Waals surface area contributed by atoms with Gasteiger partial charge in [-0.1, -0.05) is 0 Å². The van der Waals surface area contributed by atoms with Crippen LogP contribution in [0.1, 0.15) is 12.0 Å². The first-order chi connectivity index (χ1) is 11.9. The monoisotopic (exact) mass is 679 g/mol. The van der Waals surface area contributed by atoms with E-state index in [0.29, 0.717) is 18.9 Å². The number of hydrogen-bond donors (Lipinski definition) is 2. The fraction of sp³-hybridized carbons (Fsp3) is 0.235. The predicted octanol–water partition coefficient (Wildman–Crippen LogP) is 4.65. The summed E-state index contributed by atoms with van der Waals surface area (Å²) in [5.41, 5.74) is 6.23. The summed E-state index contributed by atoms with van der Waals surface area (Å²) in [6.07, 6.45) is 0.812. The molecular formula is C17H16I3NO4. The summed E-state index contributed by atoms with van der Waals surface area (Å²) in [6, 6.07) is 9.32. The van der Waals surface area contributed by atoms with Crippen molar-refractivity contribution in [3.63, 3.8) is 0 Å². The number of carbonyl (C=O) groups is 1. The Kier molecular flexibility index (Phi) is 8.48. The maximum atomic E-state index is 10.9. The van der Waals surface area contributed by atoms with E-state index in [9.17, 15) is 4.79 Å². The van der Waals surface area contributed by atoms with E-state index in [1.165, 1.54) is 0 Å². The third-order valence-electron chi connectivity index (χ3n) is 3.14. The molecule has 0 bridgehead atoms. The van der Waals surface area contributed by atoms with Crippen molar-refractivity contribution < 1.29 is 19.4 Å². The van der Waals surface area contributed by atoms with Gasteiger partial charge in [-0.3, -0.25) is 4.79 Å². The Bertz CT molecular complexity index is 745. The number of nitrogens with two attached hydrogens (primary N) is 1. The van der Waals surface area contributed by atoms with Gasteiger partial charge in [0.1, 0.15) is 11.5 Å². The highest BCUT2D eigenvalue weighted by atomic mass is 127. The Morgan fingerprint density at radius 3 is 2.32 bits per heavy atom. The average Bonchev–Trinajstić information content (AvgIpc) is 2.52. The van der Waals surface area contributed by atoms with Gasteiger partial charge in [0.05, 0.1) is 23.7 Å². The van der Waals surface area contributed by atoms with Crippen LogP contribution in [-0.2, 0) is 11.2 Å². The molecule has 0 saturated carbocycles. The Morgan fingerprint density at radius 2 is 1.76 bits per heavy atom. The van der Waals surface area contributed by atoms with Crippen LogP contribution in [0.3, 0.4) is 0 Å². The fourth-order valence-corrected chi connectivity index (χ4v) is 4.79. The number of rotatable bonds is 8. The van der Waals surface area contributed by atoms with Gasteiger partial charge in [-0.05, 0) is 117 Å². The van der Waals surface area contributed by atoms with Gasteiger partial charge in [0.2, 0.25) is 0 Å². The van der Waals surface area contributed by atoms with E-state index in [1.54, 1.807) is 0 Å². The van der Waals surface area contributed by atoms with Crippen molar-refractivity contribution in [1.29, 1.82) is 0 Å². The summed E-state index contributed by atoms with van der Waals surface area (Å²) in [4.78, 5) is 10.9. The molecule has 2 rings (SSSR count). The van der Waals surface area contributed by atoms with E-state index in [4.69, 9.17) is 20.3 Å². The molecule has 2 aromatic carbocycles. The molecule has 0 atom stereocenters. The number of hydrogen-bond acceptors (Lipinski definition) is 4. The summed E-state index contributed by atoms with van der Waals surface area (Å²) < 4.78 is 14.4. The van der Waals surface area contributed by atoms with Gasteiger partial charge in [-0.15, -0.1) is 0 Å². The fourth-order valence-electron chi connectivity index (χ4n) is 2.03. The van der Waals surface area contributed by atoms with Crippen molar-refractivity contribution in [1.82, 2.24) is 0 Å². The van der Waals surface area contributed by atoms with Gasteiger partial charge in [0.25, 0.3) is 0 Å². The summed E-state index contributed by atoms with van der Waals surface area (Å²) >= 11 is 6.53. The molecule has 134 valence electrons. The number of halogens is 3. The van der Waals surface area contributed by atoms with E-state index in [0.717, 1.165) is 34.2 Å². The van der Waals surface area contributed by atoms with Crippen LogP contribution in [0.5, 0.6) is 17.2 Å². The van der Waals surface area contributed by atoms with Crippen molar-refractivity contribution in [3.05, 3.63) is 46.6 Å². The van der Waals surface area contributed by atoms with Crippen molar-refractivity contribution in [3.8, 4) is 17.2 Å². The maximum absolute atomic E-state index is 10.9. The van der Waals surface area contributed by atoms with Gasteiger partial charge in [0.15, 0.2) is 5.75 Å². The number of aliphatic carboxylic acids is 1. The lowest BCUT2D eigenvalue weighted by Crippen LogP contribution is -2.06. The normalized spacial score (nSPS) is 10.6. The highest BCUT2D eigenvalue weighted by Gasteiger charge is 2.13. The number of ether oxygens (including phenoxy) is 2. The van der Waals surface area contributed by atoms with E-state index in [1.807, 2.05) is 30.3 Å². The predicted molar refractivity (Wildman–Crippen MR) is 122 cm³/mol. The van der Waals surface area contributed by atoms with Crippen LogP contribution < -0.4 is 15.2 Å². The van der Waals surface area contributed by atoms with Crippen LogP contribution in [0, 0.1) is 10.7 Å². The average molecular weight is 679 g/mol. The third-order valence-corrected chi connectivity index (χ3v) is 5.59. The molecular weight excluding hydrogens is 663 g/mol. The van der Waals surface area contributed by atoms with Gasteiger partial charge >= 0.3 is 5.97 Å². The number of carboxylic acids is 1. The Balaban J connectivity index is 2.16. The second kappa shape index (κ2) is 10.1. The molecule has 0 aromatic heterocycles. The Hall–Kier alpha value is -0.340. The van der Waals surface area contributed by atoms with Gasteiger partial charge in [-0.25, -0.2) is 0 Å².